The van der Waals surface area contributed by atoms with E-state index in [9.17, 15) is 0 Å². The smallest absolute Gasteiger partial charge is 0.191 e. The molecule has 0 saturated heterocycles. The molecule has 0 amide bonds. The molecular weight excluding hydrogens is 348 g/mol. The number of halogens is 1. The predicted molar refractivity (Wildman–Crippen MR) is 108 cm³/mol. The highest BCUT2D eigenvalue weighted by atomic mass is 35.5. The van der Waals surface area contributed by atoms with E-state index in [-0.39, 0.29) is 0 Å². The summed E-state index contributed by atoms with van der Waals surface area (Å²) < 4.78 is 2.07. The van der Waals surface area contributed by atoms with Crippen LogP contribution in [0, 0.1) is 0 Å². The van der Waals surface area contributed by atoms with Crippen LogP contribution < -0.4 is 10.6 Å². The van der Waals surface area contributed by atoms with Gasteiger partial charge in [0.1, 0.15) is 12.2 Å². The molecular formula is C19H29ClN6. The fourth-order valence-corrected chi connectivity index (χ4v) is 2.66. The fraction of sp³-hybridized carbons (Fsp3) is 0.526. The van der Waals surface area contributed by atoms with Crippen LogP contribution in [0.1, 0.15) is 38.1 Å². The van der Waals surface area contributed by atoms with E-state index in [2.05, 4.69) is 56.4 Å². The van der Waals surface area contributed by atoms with Gasteiger partial charge in [-0.1, -0.05) is 44.0 Å². The molecule has 0 unspecified atom stereocenters. The lowest BCUT2D eigenvalue weighted by Crippen LogP contribution is -2.40. The monoisotopic (exact) mass is 376 g/mol. The van der Waals surface area contributed by atoms with Crippen molar-refractivity contribution in [3.05, 3.63) is 47.0 Å². The Morgan fingerprint density at radius 3 is 2.65 bits per heavy atom. The highest BCUT2D eigenvalue weighted by Gasteiger charge is 2.03. The maximum atomic E-state index is 5.93. The summed E-state index contributed by atoms with van der Waals surface area (Å²) in [7, 11) is 0. The number of unbranched alkanes of at least 4 members (excludes halogenated alkanes) is 1. The zero-order valence-corrected chi connectivity index (χ0v) is 16.5. The van der Waals surface area contributed by atoms with Gasteiger partial charge in [0.15, 0.2) is 5.96 Å². The summed E-state index contributed by atoms with van der Waals surface area (Å²) in [4.78, 5) is 4.65. The van der Waals surface area contributed by atoms with Crippen molar-refractivity contribution in [2.75, 3.05) is 19.6 Å². The first-order valence-corrected chi connectivity index (χ1v) is 9.74. The minimum absolute atomic E-state index is 0.769. The van der Waals surface area contributed by atoms with E-state index in [1.165, 1.54) is 5.56 Å². The Balaban J connectivity index is 1.80. The van der Waals surface area contributed by atoms with Gasteiger partial charge in [-0.2, -0.15) is 0 Å². The van der Waals surface area contributed by atoms with Crippen molar-refractivity contribution in [3.63, 3.8) is 0 Å². The van der Waals surface area contributed by atoms with Gasteiger partial charge in [-0.05, 0) is 30.5 Å². The predicted octanol–water partition coefficient (Wildman–Crippen LogP) is 3.07. The van der Waals surface area contributed by atoms with Crippen molar-refractivity contribution in [1.29, 1.82) is 0 Å². The first-order valence-electron chi connectivity index (χ1n) is 9.36. The third kappa shape index (κ3) is 7.04. The summed E-state index contributed by atoms with van der Waals surface area (Å²) in [5, 5.41) is 15.7. The molecule has 6 nitrogen and oxygen atoms in total. The molecule has 0 aliphatic heterocycles. The SMILES string of the molecule is CCCCN=C(NCCc1ccc(Cl)cc1)NCCn1cnnc1CC. The zero-order valence-electron chi connectivity index (χ0n) is 15.7. The van der Waals surface area contributed by atoms with E-state index in [1.807, 2.05) is 12.1 Å². The molecule has 2 rings (SSSR count). The number of aryl methyl sites for hydroxylation is 1. The van der Waals surface area contributed by atoms with Crippen LogP contribution in [0.4, 0.5) is 0 Å². The number of nitrogens with one attached hydrogen (secondary N) is 2. The van der Waals surface area contributed by atoms with E-state index in [0.29, 0.717) is 0 Å². The van der Waals surface area contributed by atoms with Crippen LogP contribution >= 0.6 is 11.6 Å². The number of guanidine groups is 1. The number of aromatic nitrogens is 3. The lowest BCUT2D eigenvalue weighted by molar-refractivity contribution is 0.630. The van der Waals surface area contributed by atoms with Crippen molar-refractivity contribution < 1.29 is 0 Å². The molecule has 1 heterocycles. The van der Waals surface area contributed by atoms with E-state index < -0.39 is 0 Å². The van der Waals surface area contributed by atoms with Gasteiger partial charge in [0.25, 0.3) is 0 Å². The summed E-state index contributed by atoms with van der Waals surface area (Å²) in [6, 6.07) is 7.97. The molecule has 0 radical (unpaired) electrons. The minimum atomic E-state index is 0.769. The Morgan fingerprint density at radius 1 is 1.15 bits per heavy atom. The second kappa shape index (κ2) is 11.5. The quantitative estimate of drug-likeness (QED) is 0.380. The zero-order chi connectivity index (χ0) is 18.6. The van der Waals surface area contributed by atoms with Crippen molar-refractivity contribution in [1.82, 2.24) is 25.4 Å². The molecule has 26 heavy (non-hydrogen) atoms. The normalized spacial score (nSPS) is 11.6. The fourth-order valence-electron chi connectivity index (χ4n) is 2.53. The van der Waals surface area contributed by atoms with Gasteiger partial charge in [0, 0.05) is 37.6 Å². The second-order valence-corrected chi connectivity index (χ2v) is 6.54. The Morgan fingerprint density at radius 2 is 1.92 bits per heavy atom. The van der Waals surface area contributed by atoms with Gasteiger partial charge in [-0.15, -0.1) is 10.2 Å². The maximum absolute atomic E-state index is 5.93. The molecule has 1 aromatic carbocycles. The summed E-state index contributed by atoms with van der Waals surface area (Å²) in [6.07, 6.45) is 5.83. The number of benzene rings is 1. The molecule has 0 spiro atoms. The lowest BCUT2D eigenvalue weighted by Gasteiger charge is -2.13. The summed E-state index contributed by atoms with van der Waals surface area (Å²) >= 11 is 5.93. The van der Waals surface area contributed by atoms with E-state index in [1.54, 1.807) is 6.33 Å². The highest BCUT2D eigenvalue weighted by molar-refractivity contribution is 6.30. The number of rotatable bonds is 10. The van der Waals surface area contributed by atoms with Gasteiger partial charge in [0.05, 0.1) is 0 Å². The van der Waals surface area contributed by atoms with Crippen LogP contribution in [0.15, 0.2) is 35.6 Å². The first kappa shape index (κ1) is 20.2. The van der Waals surface area contributed by atoms with Crippen molar-refractivity contribution >= 4 is 17.6 Å². The van der Waals surface area contributed by atoms with Gasteiger partial charge in [-0.3, -0.25) is 4.99 Å². The first-order chi connectivity index (χ1) is 12.7. The molecule has 2 aromatic rings. The molecule has 0 saturated carbocycles. The Kier molecular flexibility index (Phi) is 8.96. The molecule has 2 N–H and O–H groups in total. The van der Waals surface area contributed by atoms with E-state index in [4.69, 9.17) is 11.6 Å². The van der Waals surface area contributed by atoms with Gasteiger partial charge >= 0.3 is 0 Å². The summed E-state index contributed by atoms with van der Waals surface area (Å²) in [6.45, 7) is 7.52. The summed E-state index contributed by atoms with van der Waals surface area (Å²) in [5.41, 5.74) is 1.26. The Hall–Kier alpha value is -2.08. The van der Waals surface area contributed by atoms with E-state index in [0.717, 1.165) is 68.7 Å². The summed E-state index contributed by atoms with van der Waals surface area (Å²) in [5.74, 6) is 1.87. The third-order valence-corrected chi connectivity index (χ3v) is 4.31. The molecule has 0 aliphatic rings. The van der Waals surface area contributed by atoms with Gasteiger partial charge < -0.3 is 15.2 Å². The molecule has 0 atom stereocenters. The highest BCUT2D eigenvalue weighted by Crippen LogP contribution is 2.09. The van der Waals surface area contributed by atoms with Crippen LogP contribution in [0.2, 0.25) is 5.02 Å². The maximum Gasteiger partial charge on any atom is 0.191 e. The van der Waals surface area contributed by atoms with Crippen LogP contribution in [-0.2, 0) is 19.4 Å². The number of hydrogen-bond donors (Lipinski definition) is 2. The van der Waals surface area contributed by atoms with Gasteiger partial charge in [0.2, 0.25) is 0 Å². The average molecular weight is 377 g/mol. The molecule has 0 bridgehead atoms. The number of aliphatic imine (C=N–C) groups is 1. The average Bonchev–Trinajstić information content (AvgIpc) is 3.10. The molecule has 142 valence electrons. The number of nitrogens with zero attached hydrogens (tertiary/aromatic N) is 4. The standard InChI is InChI=1S/C19H29ClN6/c1-3-5-11-21-19(22-12-10-16-6-8-17(20)9-7-16)23-13-14-26-15-24-25-18(26)4-2/h6-9,15H,3-5,10-14H2,1-2H3,(H2,21,22,23). The van der Waals surface area contributed by atoms with Gasteiger partial charge in [-0.25, -0.2) is 0 Å². The molecule has 7 heteroatoms. The van der Waals surface area contributed by atoms with Crippen molar-refractivity contribution in [3.8, 4) is 0 Å². The van der Waals surface area contributed by atoms with Crippen LogP contribution in [-0.4, -0.2) is 40.4 Å². The molecule has 1 aromatic heterocycles. The van der Waals surface area contributed by atoms with Crippen LogP contribution in [0.25, 0.3) is 0 Å². The molecule has 0 aliphatic carbocycles. The minimum Gasteiger partial charge on any atom is -0.356 e. The largest absolute Gasteiger partial charge is 0.356 e. The third-order valence-electron chi connectivity index (χ3n) is 4.06. The number of hydrogen-bond acceptors (Lipinski definition) is 3. The van der Waals surface area contributed by atoms with Crippen LogP contribution in [0.3, 0.4) is 0 Å². The second-order valence-electron chi connectivity index (χ2n) is 6.11. The van der Waals surface area contributed by atoms with E-state index >= 15 is 0 Å². The van der Waals surface area contributed by atoms with Crippen molar-refractivity contribution in [2.45, 2.75) is 46.1 Å². The topological polar surface area (TPSA) is 67.1 Å². The van der Waals surface area contributed by atoms with Crippen molar-refractivity contribution in [2.24, 2.45) is 4.99 Å². The van der Waals surface area contributed by atoms with Crippen LogP contribution in [0.5, 0.6) is 0 Å². The Bertz CT molecular complexity index is 665. The molecule has 0 fully saturated rings. The lowest BCUT2D eigenvalue weighted by atomic mass is 10.1. The Labute approximate surface area is 161 Å².